The molecule has 0 fully saturated rings. The summed E-state index contributed by atoms with van der Waals surface area (Å²) < 4.78 is 25.4. The topological polar surface area (TPSA) is 66.5 Å². The maximum atomic E-state index is 12.3. The molecule has 5 nitrogen and oxygen atoms in total. The van der Waals surface area contributed by atoms with Gasteiger partial charge in [0.25, 0.3) is 5.91 Å². The molecule has 0 aromatic heterocycles. The molecule has 0 aliphatic heterocycles. The van der Waals surface area contributed by atoms with E-state index in [4.69, 9.17) is 11.6 Å². The Morgan fingerprint density at radius 1 is 1.21 bits per heavy atom. The van der Waals surface area contributed by atoms with Crippen molar-refractivity contribution in [3.05, 3.63) is 57.5 Å². The number of hydrogen-bond acceptors (Lipinski definition) is 3. The number of halogens is 2. The molecule has 0 unspecified atom stereocenters. The lowest BCUT2D eigenvalue weighted by Crippen LogP contribution is -2.29. The van der Waals surface area contributed by atoms with Crippen molar-refractivity contribution in [1.29, 1.82) is 0 Å². The standard InChI is InChI=1S/C16H16BrClN2O3S/c1-3-20(24(2,22)23)13-7-4-11(5-8-13)16(21)19-12-6-9-14(17)15(18)10-12/h4-10H,3H2,1-2H3,(H,19,21). The lowest BCUT2D eigenvalue weighted by molar-refractivity contribution is 0.102. The molecular formula is C16H16BrClN2O3S. The summed E-state index contributed by atoms with van der Waals surface area (Å²) in [7, 11) is -3.34. The number of nitrogens with zero attached hydrogens (tertiary/aromatic N) is 1. The van der Waals surface area contributed by atoms with Gasteiger partial charge in [-0.25, -0.2) is 8.42 Å². The highest BCUT2D eigenvalue weighted by Crippen LogP contribution is 2.26. The molecule has 1 amide bonds. The van der Waals surface area contributed by atoms with Gasteiger partial charge in [0.2, 0.25) is 10.0 Å². The van der Waals surface area contributed by atoms with Gasteiger partial charge in [0.05, 0.1) is 17.0 Å². The number of nitrogens with one attached hydrogen (secondary N) is 1. The van der Waals surface area contributed by atoms with E-state index in [2.05, 4.69) is 21.2 Å². The second kappa shape index (κ2) is 7.55. The number of benzene rings is 2. The second-order valence-electron chi connectivity index (χ2n) is 5.06. The summed E-state index contributed by atoms with van der Waals surface area (Å²) in [5, 5.41) is 3.24. The number of anilines is 2. The Labute approximate surface area is 154 Å². The Hall–Kier alpha value is -1.57. The lowest BCUT2D eigenvalue weighted by atomic mass is 10.2. The third-order valence-electron chi connectivity index (χ3n) is 3.28. The van der Waals surface area contributed by atoms with Crippen molar-refractivity contribution < 1.29 is 13.2 Å². The first kappa shape index (κ1) is 18.8. The highest BCUT2D eigenvalue weighted by molar-refractivity contribution is 9.10. The Kier molecular flexibility index (Phi) is 5.90. The molecule has 0 heterocycles. The second-order valence-corrected chi connectivity index (χ2v) is 8.23. The Balaban J connectivity index is 2.18. The number of rotatable bonds is 5. The van der Waals surface area contributed by atoms with Gasteiger partial charge in [-0.15, -0.1) is 0 Å². The first-order valence-electron chi connectivity index (χ1n) is 7.06. The van der Waals surface area contributed by atoms with Gasteiger partial charge in [0, 0.05) is 22.3 Å². The quantitative estimate of drug-likeness (QED) is 0.773. The zero-order chi connectivity index (χ0) is 17.9. The zero-order valence-electron chi connectivity index (χ0n) is 13.1. The number of amides is 1. The number of hydrogen-bond donors (Lipinski definition) is 1. The summed E-state index contributed by atoms with van der Waals surface area (Å²) in [5.74, 6) is -0.303. The van der Waals surface area contributed by atoms with Crippen molar-refractivity contribution in [2.75, 3.05) is 22.4 Å². The van der Waals surface area contributed by atoms with E-state index in [1.165, 1.54) is 4.31 Å². The van der Waals surface area contributed by atoms with Gasteiger partial charge in [0.15, 0.2) is 0 Å². The van der Waals surface area contributed by atoms with E-state index in [1.807, 2.05) is 0 Å². The predicted octanol–water partition coefficient (Wildman–Crippen LogP) is 4.14. The molecule has 0 aliphatic carbocycles. The van der Waals surface area contributed by atoms with Gasteiger partial charge in [-0.3, -0.25) is 9.10 Å². The van der Waals surface area contributed by atoms with Crippen molar-refractivity contribution in [2.24, 2.45) is 0 Å². The molecule has 1 N–H and O–H groups in total. The molecule has 0 atom stereocenters. The molecule has 0 saturated heterocycles. The minimum atomic E-state index is -3.34. The van der Waals surface area contributed by atoms with Gasteiger partial charge in [-0.1, -0.05) is 11.6 Å². The van der Waals surface area contributed by atoms with Gasteiger partial charge in [-0.2, -0.15) is 0 Å². The average Bonchev–Trinajstić information content (AvgIpc) is 2.51. The highest BCUT2D eigenvalue weighted by Gasteiger charge is 2.15. The van der Waals surface area contributed by atoms with Crippen molar-refractivity contribution in [1.82, 2.24) is 0 Å². The van der Waals surface area contributed by atoms with Crippen molar-refractivity contribution >= 4 is 54.8 Å². The SMILES string of the molecule is CCN(c1ccc(C(=O)Nc2ccc(Br)c(Cl)c2)cc1)S(C)(=O)=O. The Morgan fingerprint density at radius 3 is 2.33 bits per heavy atom. The third-order valence-corrected chi connectivity index (χ3v) is 5.78. The predicted molar refractivity (Wildman–Crippen MR) is 101 cm³/mol. The van der Waals surface area contributed by atoms with E-state index in [0.29, 0.717) is 28.5 Å². The largest absolute Gasteiger partial charge is 0.322 e. The summed E-state index contributed by atoms with van der Waals surface area (Å²) in [6.07, 6.45) is 1.15. The summed E-state index contributed by atoms with van der Waals surface area (Å²) in [4.78, 5) is 12.3. The molecule has 0 radical (unpaired) electrons. The number of carbonyl (C=O) groups excluding carboxylic acids is 1. The van der Waals surface area contributed by atoms with Crippen LogP contribution >= 0.6 is 27.5 Å². The van der Waals surface area contributed by atoms with Crippen LogP contribution in [0.4, 0.5) is 11.4 Å². The van der Waals surface area contributed by atoms with Crippen molar-refractivity contribution in [2.45, 2.75) is 6.92 Å². The van der Waals surface area contributed by atoms with Crippen LogP contribution in [0.1, 0.15) is 17.3 Å². The molecule has 128 valence electrons. The van der Waals surface area contributed by atoms with Crippen LogP contribution in [0.5, 0.6) is 0 Å². The van der Waals surface area contributed by atoms with E-state index in [1.54, 1.807) is 49.4 Å². The van der Waals surface area contributed by atoms with E-state index >= 15 is 0 Å². The molecule has 2 aromatic carbocycles. The number of carbonyl (C=O) groups is 1. The van der Waals surface area contributed by atoms with Crippen LogP contribution in [0.2, 0.25) is 5.02 Å². The third kappa shape index (κ3) is 4.49. The van der Waals surface area contributed by atoms with Crippen LogP contribution in [0.15, 0.2) is 46.9 Å². The maximum Gasteiger partial charge on any atom is 0.255 e. The molecule has 0 aliphatic rings. The fourth-order valence-corrected chi connectivity index (χ4v) is 3.57. The average molecular weight is 432 g/mol. The summed E-state index contributed by atoms with van der Waals surface area (Å²) in [5.41, 5.74) is 1.51. The van der Waals surface area contributed by atoms with Crippen molar-refractivity contribution in [3.63, 3.8) is 0 Å². The maximum absolute atomic E-state index is 12.3. The van der Waals surface area contributed by atoms with Crippen LogP contribution in [0.3, 0.4) is 0 Å². The van der Waals surface area contributed by atoms with E-state index in [-0.39, 0.29) is 5.91 Å². The first-order valence-corrected chi connectivity index (χ1v) is 10.1. The molecule has 0 spiro atoms. The first-order chi connectivity index (χ1) is 11.2. The van der Waals surface area contributed by atoms with Gasteiger partial charge in [0.1, 0.15) is 0 Å². The van der Waals surface area contributed by atoms with Gasteiger partial charge < -0.3 is 5.32 Å². The van der Waals surface area contributed by atoms with Gasteiger partial charge >= 0.3 is 0 Å². The zero-order valence-corrected chi connectivity index (χ0v) is 16.2. The van der Waals surface area contributed by atoms with Gasteiger partial charge in [-0.05, 0) is 65.3 Å². The molecule has 0 saturated carbocycles. The van der Waals surface area contributed by atoms with Crippen LogP contribution in [0.25, 0.3) is 0 Å². The molecule has 0 bridgehead atoms. The van der Waals surface area contributed by atoms with Crippen molar-refractivity contribution in [3.8, 4) is 0 Å². The van der Waals surface area contributed by atoms with E-state index < -0.39 is 10.0 Å². The minimum Gasteiger partial charge on any atom is -0.322 e. The molecule has 2 rings (SSSR count). The molecule has 24 heavy (non-hydrogen) atoms. The van der Waals surface area contributed by atoms with Crippen LogP contribution in [-0.2, 0) is 10.0 Å². The summed E-state index contributed by atoms with van der Waals surface area (Å²) in [6.45, 7) is 2.07. The van der Waals surface area contributed by atoms with Crippen LogP contribution in [-0.4, -0.2) is 27.1 Å². The fraction of sp³-hybridized carbons (Fsp3) is 0.188. The summed E-state index contributed by atoms with van der Waals surface area (Å²) >= 11 is 9.28. The van der Waals surface area contributed by atoms with E-state index in [0.717, 1.165) is 10.7 Å². The lowest BCUT2D eigenvalue weighted by Gasteiger charge is -2.20. The fourth-order valence-electron chi connectivity index (χ4n) is 2.16. The normalized spacial score (nSPS) is 11.2. The molecule has 2 aromatic rings. The molecule has 8 heteroatoms. The Bertz CT molecular complexity index is 854. The Morgan fingerprint density at radius 2 is 1.83 bits per heavy atom. The number of sulfonamides is 1. The summed E-state index contributed by atoms with van der Waals surface area (Å²) in [6, 6.07) is 11.5. The highest BCUT2D eigenvalue weighted by atomic mass is 79.9. The van der Waals surface area contributed by atoms with E-state index in [9.17, 15) is 13.2 Å². The molecular weight excluding hydrogens is 416 g/mol. The van der Waals surface area contributed by atoms with Crippen LogP contribution < -0.4 is 9.62 Å². The smallest absolute Gasteiger partial charge is 0.255 e. The van der Waals surface area contributed by atoms with Crippen LogP contribution in [0, 0.1) is 0 Å². The minimum absolute atomic E-state index is 0.303. The monoisotopic (exact) mass is 430 g/mol.